The Morgan fingerprint density at radius 3 is 2.92 bits per heavy atom. The molecule has 0 bridgehead atoms. The van der Waals surface area contributed by atoms with Crippen molar-refractivity contribution < 1.29 is 4.79 Å². The second-order valence-electron chi connectivity index (χ2n) is 6.00. The molecule has 1 aliphatic rings. The third kappa shape index (κ3) is 4.03. The average Bonchev–Trinajstić information content (AvgIpc) is 3.00. The molecule has 1 saturated heterocycles. The minimum Gasteiger partial charge on any atom is -0.371 e. The largest absolute Gasteiger partial charge is 0.371 e. The number of benzene rings is 1. The molecule has 3 N–H and O–H groups in total. The molecule has 1 aliphatic heterocycles. The first-order valence-electron chi connectivity index (χ1n) is 8.01. The Morgan fingerprint density at radius 1 is 1.48 bits per heavy atom. The molecule has 1 amide bonds. The Hall–Kier alpha value is -2.30. The average molecular weight is 376 g/mol. The zero-order chi connectivity index (χ0) is 17.8. The van der Waals surface area contributed by atoms with Crippen LogP contribution < -0.4 is 16.0 Å². The summed E-state index contributed by atoms with van der Waals surface area (Å²) in [5, 5.41) is 13.2. The number of primary amides is 1. The van der Waals surface area contributed by atoms with Gasteiger partial charge in [0, 0.05) is 25.3 Å². The second kappa shape index (κ2) is 7.72. The molecular weight excluding hydrogens is 358 g/mol. The Balaban J connectivity index is 1.62. The molecule has 6 nitrogen and oxygen atoms in total. The van der Waals surface area contributed by atoms with Crippen LogP contribution in [0.4, 0.5) is 10.7 Å². The van der Waals surface area contributed by atoms with E-state index in [0.29, 0.717) is 23.7 Å². The molecule has 1 aromatic carbocycles. The molecule has 0 radical (unpaired) electrons. The number of amides is 1. The van der Waals surface area contributed by atoms with Gasteiger partial charge in [-0.1, -0.05) is 23.7 Å². The van der Waals surface area contributed by atoms with Crippen LogP contribution in [0.1, 0.15) is 24.0 Å². The minimum atomic E-state index is -0.220. The van der Waals surface area contributed by atoms with Gasteiger partial charge in [-0.2, -0.15) is 9.64 Å². The van der Waals surface area contributed by atoms with Crippen molar-refractivity contribution in [1.29, 1.82) is 5.26 Å². The number of nitrogens with two attached hydrogens (primary N) is 1. The van der Waals surface area contributed by atoms with E-state index in [0.717, 1.165) is 30.6 Å². The van der Waals surface area contributed by atoms with E-state index in [-0.39, 0.29) is 17.0 Å². The number of halogens is 1. The SMILES string of the molecule is N#Cc1c(Cl)nsc1NCc1ccc(N2CCC[C@@H](C(N)=O)C2)cc1. The van der Waals surface area contributed by atoms with Gasteiger partial charge in [-0.15, -0.1) is 0 Å². The summed E-state index contributed by atoms with van der Waals surface area (Å²) < 4.78 is 3.97. The van der Waals surface area contributed by atoms with Crippen molar-refractivity contribution in [2.75, 3.05) is 23.3 Å². The molecule has 25 heavy (non-hydrogen) atoms. The number of hydrogen-bond donors (Lipinski definition) is 2. The molecule has 0 saturated carbocycles. The van der Waals surface area contributed by atoms with Crippen molar-refractivity contribution in [3.05, 3.63) is 40.5 Å². The maximum Gasteiger partial charge on any atom is 0.222 e. The highest BCUT2D eigenvalue weighted by atomic mass is 35.5. The van der Waals surface area contributed by atoms with Crippen LogP contribution >= 0.6 is 23.1 Å². The third-order valence-electron chi connectivity index (χ3n) is 4.34. The lowest BCUT2D eigenvalue weighted by Crippen LogP contribution is -2.41. The number of aromatic nitrogens is 1. The fourth-order valence-electron chi connectivity index (χ4n) is 2.94. The summed E-state index contributed by atoms with van der Waals surface area (Å²) in [6, 6.07) is 10.2. The van der Waals surface area contributed by atoms with Crippen molar-refractivity contribution in [1.82, 2.24) is 4.37 Å². The molecule has 2 heterocycles. The van der Waals surface area contributed by atoms with Gasteiger partial charge >= 0.3 is 0 Å². The second-order valence-corrected chi connectivity index (χ2v) is 7.13. The lowest BCUT2D eigenvalue weighted by atomic mass is 9.97. The van der Waals surface area contributed by atoms with Crippen LogP contribution in [0.3, 0.4) is 0 Å². The fraction of sp³-hybridized carbons (Fsp3) is 0.353. The van der Waals surface area contributed by atoms with E-state index in [2.05, 4.69) is 20.7 Å². The predicted molar refractivity (Wildman–Crippen MR) is 99.7 cm³/mol. The molecule has 0 unspecified atom stereocenters. The van der Waals surface area contributed by atoms with Crippen LogP contribution in [-0.4, -0.2) is 23.4 Å². The monoisotopic (exact) mass is 375 g/mol. The molecule has 3 rings (SSSR count). The molecule has 0 aliphatic carbocycles. The van der Waals surface area contributed by atoms with E-state index < -0.39 is 0 Å². The van der Waals surface area contributed by atoms with Crippen molar-refractivity contribution in [3.8, 4) is 6.07 Å². The molecule has 1 atom stereocenters. The Morgan fingerprint density at radius 2 is 2.24 bits per heavy atom. The minimum absolute atomic E-state index is 0.0735. The van der Waals surface area contributed by atoms with E-state index in [4.69, 9.17) is 22.6 Å². The van der Waals surface area contributed by atoms with E-state index in [1.54, 1.807) is 0 Å². The normalized spacial score (nSPS) is 17.1. The van der Waals surface area contributed by atoms with E-state index in [9.17, 15) is 4.79 Å². The van der Waals surface area contributed by atoms with E-state index in [1.807, 2.05) is 24.3 Å². The van der Waals surface area contributed by atoms with Crippen LogP contribution in [0.5, 0.6) is 0 Å². The third-order valence-corrected chi connectivity index (χ3v) is 5.52. The van der Waals surface area contributed by atoms with Crippen LogP contribution in [0.25, 0.3) is 0 Å². The van der Waals surface area contributed by atoms with E-state index >= 15 is 0 Å². The number of anilines is 2. The molecule has 130 valence electrons. The topological polar surface area (TPSA) is 95.0 Å². The number of carbonyl (C=O) groups excluding carboxylic acids is 1. The first kappa shape index (κ1) is 17.5. The van der Waals surface area contributed by atoms with E-state index in [1.165, 1.54) is 11.5 Å². The highest BCUT2D eigenvalue weighted by Gasteiger charge is 2.24. The summed E-state index contributed by atoms with van der Waals surface area (Å²) in [6.07, 6.45) is 1.84. The number of rotatable bonds is 5. The highest BCUT2D eigenvalue weighted by Crippen LogP contribution is 2.28. The molecule has 0 spiro atoms. The summed E-state index contributed by atoms with van der Waals surface area (Å²) in [5.74, 6) is -0.294. The molecule has 1 aromatic heterocycles. The zero-order valence-electron chi connectivity index (χ0n) is 13.5. The van der Waals surface area contributed by atoms with Gasteiger partial charge in [0.25, 0.3) is 0 Å². The fourth-order valence-corrected chi connectivity index (χ4v) is 3.87. The van der Waals surface area contributed by atoms with Gasteiger partial charge in [-0.25, -0.2) is 0 Å². The summed E-state index contributed by atoms with van der Waals surface area (Å²) in [7, 11) is 0. The molecule has 8 heteroatoms. The van der Waals surface area contributed by atoms with Crippen LogP contribution in [0.15, 0.2) is 24.3 Å². The first-order chi connectivity index (χ1) is 12.1. The summed E-state index contributed by atoms with van der Waals surface area (Å²) in [5.41, 5.74) is 8.00. The predicted octanol–water partition coefficient (Wildman–Crippen LogP) is 2.98. The van der Waals surface area contributed by atoms with Gasteiger partial charge in [0.15, 0.2) is 5.15 Å². The lowest BCUT2D eigenvalue weighted by Gasteiger charge is -2.33. The number of nitriles is 1. The summed E-state index contributed by atoms with van der Waals surface area (Å²) >= 11 is 7.05. The van der Waals surface area contributed by atoms with Crippen LogP contribution in [0.2, 0.25) is 5.15 Å². The summed E-state index contributed by atoms with van der Waals surface area (Å²) in [4.78, 5) is 13.6. The Kier molecular flexibility index (Phi) is 5.41. The summed E-state index contributed by atoms with van der Waals surface area (Å²) in [6.45, 7) is 2.20. The molecular formula is C17H18ClN5OS. The van der Waals surface area contributed by atoms with Gasteiger partial charge in [-0.05, 0) is 42.1 Å². The molecule has 1 fully saturated rings. The Labute approximate surface area is 155 Å². The number of nitrogens with one attached hydrogen (secondary N) is 1. The quantitative estimate of drug-likeness (QED) is 0.837. The van der Waals surface area contributed by atoms with Gasteiger partial charge in [0.1, 0.15) is 16.6 Å². The van der Waals surface area contributed by atoms with Crippen molar-refractivity contribution >= 4 is 39.7 Å². The van der Waals surface area contributed by atoms with Crippen LogP contribution in [-0.2, 0) is 11.3 Å². The maximum absolute atomic E-state index is 11.4. The number of piperidine rings is 1. The van der Waals surface area contributed by atoms with Crippen molar-refractivity contribution in [3.63, 3.8) is 0 Å². The maximum atomic E-state index is 11.4. The van der Waals surface area contributed by atoms with Crippen molar-refractivity contribution in [2.24, 2.45) is 11.7 Å². The molecule has 2 aromatic rings. The first-order valence-corrected chi connectivity index (χ1v) is 9.16. The number of hydrogen-bond acceptors (Lipinski definition) is 6. The standard InChI is InChI=1S/C17H18ClN5OS/c18-15-14(8-19)17(25-22-15)21-9-11-3-5-13(6-4-11)23-7-1-2-12(10-23)16(20)24/h3-6,12,21H,1-2,7,9-10H2,(H2,20,24)/t12-/m1/s1. The van der Waals surface area contributed by atoms with Gasteiger partial charge in [0.2, 0.25) is 5.91 Å². The number of carbonyl (C=O) groups is 1. The van der Waals surface area contributed by atoms with Crippen molar-refractivity contribution in [2.45, 2.75) is 19.4 Å². The van der Waals surface area contributed by atoms with Gasteiger partial charge < -0.3 is 16.0 Å². The zero-order valence-corrected chi connectivity index (χ0v) is 15.1. The Bertz CT molecular complexity index is 798. The highest BCUT2D eigenvalue weighted by molar-refractivity contribution is 7.10. The van der Waals surface area contributed by atoms with Crippen LogP contribution in [0, 0.1) is 17.2 Å². The smallest absolute Gasteiger partial charge is 0.222 e. The lowest BCUT2D eigenvalue weighted by molar-refractivity contribution is -0.122. The van der Waals surface area contributed by atoms with Gasteiger partial charge in [0.05, 0.1) is 5.92 Å². The number of nitrogens with zero attached hydrogens (tertiary/aromatic N) is 3. The van der Waals surface area contributed by atoms with Gasteiger partial charge in [-0.3, -0.25) is 4.79 Å².